The van der Waals surface area contributed by atoms with Crippen LogP contribution in [0.15, 0.2) is 69.6 Å². The van der Waals surface area contributed by atoms with Gasteiger partial charge in [0.15, 0.2) is 16.8 Å². The number of benzene rings is 1. The lowest BCUT2D eigenvalue weighted by Crippen LogP contribution is -2.53. The van der Waals surface area contributed by atoms with Gasteiger partial charge in [-0.2, -0.15) is 4.99 Å². The van der Waals surface area contributed by atoms with Crippen molar-refractivity contribution in [3.05, 3.63) is 65.2 Å². The molecule has 10 nitrogen and oxygen atoms in total. The molecule has 2 aliphatic rings. The molecule has 11 heteroatoms. The van der Waals surface area contributed by atoms with E-state index in [0.29, 0.717) is 38.4 Å². The fourth-order valence-electron chi connectivity index (χ4n) is 3.53. The van der Waals surface area contributed by atoms with Crippen LogP contribution >= 0.6 is 11.6 Å². The van der Waals surface area contributed by atoms with E-state index in [9.17, 15) is 9.59 Å². The molecule has 0 radical (unpaired) electrons. The van der Waals surface area contributed by atoms with Crippen LogP contribution < -0.4 is 27.8 Å². The van der Waals surface area contributed by atoms with Gasteiger partial charge in [0.1, 0.15) is 5.82 Å². The molecule has 2 saturated heterocycles. The fraction of sp³-hybridized carbons (Fsp3) is 0.273. The van der Waals surface area contributed by atoms with E-state index in [1.807, 2.05) is 36.4 Å². The van der Waals surface area contributed by atoms with Gasteiger partial charge in [-0.05, 0) is 24.5 Å². The average Bonchev–Trinajstić information content (AvgIpc) is 3.18. The van der Waals surface area contributed by atoms with Gasteiger partial charge in [0.2, 0.25) is 5.91 Å². The highest BCUT2D eigenvalue weighted by Gasteiger charge is 2.40. The van der Waals surface area contributed by atoms with Gasteiger partial charge in [-0.3, -0.25) is 9.59 Å². The number of halogens is 1. The summed E-state index contributed by atoms with van der Waals surface area (Å²) in [6.07, 6.45) is 4.79. The highest BCUT2D eigenvalue weighted by molar-refractivity contribution is 6.47. The van der Waals surface area contributed by atoms with Crippen molar-refractivity contribution in [3.63, 3.8) is 0 Å². The van der Waals surface area contributed by atoms with Gasteiger partial charge in [0.25, 0.3) is 0 Å². The van der Waals surface area contributed by atoms with E-state index in [2.05, 4.69) is 27.2 Å². The van der Waals surface area contributed by atoms with E-state index in [1.54, 1.807) is 11.0 Å². The minimum Gasteiger partial charge on any atom is -0.397 e. The molecule has 0 atom stereocenters. The van der Waals surface area contributed by atoms with Gasteiger partial charge in [-0.25, -0.2) is 4.99 Å². The number of nitrogens with one attached hydrogen (secondary N) is 2. The maximum atomic E-state index is 12.5. The molecule has 0 bridgehead atoms. The Morgan fingerprint density at radius 1 is 1.15 bits per heavy atom. The van der Waals surface area contributed by atoms with Gasteiger partial charge >= 0.3 is 5.91 Å². The molecule has 2 heterocycles. The molecule has 1 spiro atoms. The number of carbonyl (C=O) groups excluding carboxylic acids is 2. The highest BCUT2D eigenvalue weighted by atomic mass is 35.5. The van der Waals surface area contributed by atoms with Crippen molar-refractivity contribution >= 4 is 41.2 Å². The summed E-state index contributed by atoms with van der Waals surface area (Å²) >= 11 is 5.80. The number of hydrogen-bond acceptors (Lipinski definition) is 6. The van der Waals surface area contributed by atoms with Gasteiger partial charge < -0.3 is 32.7 Å². The van der Waals surface area contributed by atoms with Crippen molar-refractivity contribution in [1.82, 2.24) is 15.5 Å². The molecule has 2 aliphatic heterocycles. The zero-order valence-corrected chi connectivity index (χ0v) is 18.8. The lowest BCUT2D eigenvalue weighted by Gasteiger charge is -2.38. The van der Waals surface area contributed by atoms with Gasteiger partial charge in [-0.15, -0.1) is 0 Å². The van der Waals surface area contributed by atoms with Crippen molar-refractivity contribution in [2.75, 3.05) is 19.6 Å². The Kier molecular flexibility index (Phi) is 7.39. The molecule has 174 valence electrons. The first-order chi connectivity index (χ1) is 15.7. The first-order valence-electron chi connectivity index (χ1n) is 10.3. The largest absolute Gasteiger partial charge is 0.397 e. The summed E-state index contributed by atoms with van der Waals surface area (Å²) in [5.74, 6) is -0.742. The van der Waals surface area contributed by atoms with Crippen LogP contribution in [0.1, 0.15) is 18.4 Å². The number of hydrogen-bond donors (Lipinski definition) is 5. The summed E-state index contributed by atoms with van der Waals surface area (Å²) in [4.78, 5) is 34.7. The molecule has 0 aromatic heterocycles. The first-order valence-corrected chi connectivity index (χ1v) is 10.7. The van der Waals surface area contributed by atoms with E-state index in [4.69, 9.17) is 28.8 Å². The Balaban J connectivity index is 1.60. The number of likely N-dealkylation sites (tertiary alicyclic amines) is 1. The number of carbonyl (C=O) groups is 2. The van der Waals surface area contributed by atoms with Crippen molar-refractivity contribution < 1.29 is 9.59 Å². The predicted octanol–water partition coefficient (Wildman–Crippen LogP) is 0.333. The number of piperidine rings is 1. The summed E-state index contributed by atoms with van der Waals surface area (Å²) in [5, 5.41) is 6.09. The van der Waals surface area contributed by atoms with Crippen molar-refractivity contribution in [3.8, 4) is 0 Å². The van der Waals surface area contributed by atoms with E-state index in [-0.39, 0.29) is 33.8 Å². The Bertz CT molecular complexity index is 1050. The lowest BCUT2D eigenvalue weighted by molar-refractivity contribution is -0.127. The first kappa shape index (κ1) is 23.9. The van der Waals surface area contributed by atoms with Gasteiger partial charge in [0, 0.05) is 25.7 Å². The van der Waals surface area contributed by atoms with E-state index in [1.165, 1.54) is 0 Å². The maximum Gasteiger partial charge on any atom is 0.300 e. The smallest absolute Gasteiger partial charge is 0.300 e. The second-order valence-corrected chi connectivity index (χ2v) is 8.18. The molecule has 1 aromatic carbocycles. The SMILES string of the molecule is C=C(N)/C(=N\C(Cl)=C(N)N)C(=O)/N=C1\NCC2(CCN(C(=O)/C=C/c3ccccc3)CC2)N1. The number of nitrogens with zero attached hydrogens (tertiary/aromatic N) is 3. The standard InChI is InChI=1S/C22H27ClN8O2/c1-14(24)17(28-18(23)19(25)26)20(33)29-21-27-13-22(30-21)9-11-31(12-10-22)16(32)8-7-15-5-3-2-4-6-15/h2-8H,1,9-13,24-26H2,(H2,27,29,30,33)/b8-7+,28-17+. The molecular formula is C22H27ClN8O2. The molecule has 0 unspecified atom stereocenters. The van der Waals surface area contributed by atoms with Gasteiger partial charge in [-0.1, -0.05) is 48.5 Å². The second kappa shape index (κ2) is 10.2. The Morgan fingerprint density at radius 2 is 1.82 bits per heavy atom. The van der Waals surface area contributed by atoms with E-state index in [0.717, 1.165) is 5.56 Å². The third-order valence-corrected chi connectivity index (χ3v) is 5.70. The summed E-state index contributed by atoms with van der Waals surface area (Å²) in [7, 11) is 0. The third kappa shape index (κ3) is 6.13. The summed E-state index contributed by atoms with van der Waals surface area (Å²) in [6, 6.07) is 9.66. The zero-order chi connectivity index (χ0) is 24.0. The van der Waals surface area contributed by atoms with Crippen LogP contribution in [0.5, 0.6) is 0 Å². The molecule has 0 saturated carbocycles. The predicted molar refractivity (Wildman–Crippen MR) is 130 cm³/mol. The second-order valence-electron chi connectivity index (χ2n) is 7.83. The summed E-state index contributed by atoms with van der Waals surface area (Å²) in [6.45, 7) is 5.24. The molecule has 2 amide bonds. The van der Waals surface area contributed by atoms with Gasteiger partial charge in [0.05, 0.1) is 11.2 Å². The number of amides is 2. The topological polar surface area (TPSA) is 164 Å². The van der Waals surface area contributed by atoms with Crippen molar-refractivity contribution in [2.24, 2.45) is 27.2 Å². The van der Waals surface area contributed by atoms with E-state index < -0.39 is 5.91 Å². The van der Waals surface area contributed by atoms with Crippen LogP contribution in [0.25, 0.3) is 6.08 Å². The minimum absolute atomic E-state index is 0.0323. The monoisotopic (exact) mass is 470 g/mol. The van der Waals surface area contributed by atoms with E-state index >= 15 is 0 Å². The molecule has 0 aliphatic carbocycles. The molecule has 3 rings (SSSR count). The molecular weight excluding hydrogens is 444 g/mol. The van der Waals surface area contributed by atoms with Crippen LogP contribution in [-0.4, -0.2) is 53.6 Å². The highest BCUT2D eigenvalue weighted by Crippen LogP contribution is 2.24. The normalized spacial score (nSPS) is 18.8. The van der Waals surface area contributed by atoms with Crippen molar-refractivity contribution in [1.29, 1.82) is 0 Å². The Labute approximate surface area is 196 Å². The molecule has 2 fully saturated rings. The van der Waals surface area contributed by atoms with Crippen LogP contribution in [0.4, 0.5) is 0 Å². The summed E-state index contributed by atoms with van der Waals surface area (Å²) < 4.78 is 0. The maximum absolute atomic E-state index is 12.5. The minimum atomic E-state index is -0.743. The lowest BCUT2D eigenvalue weighted by atomic mass is 9.88. The average molecular weight is 471 g/mol. The third-order valence-electron chi connectivity index (χ3n) is 5.40. The number of aliphatic imine (C=N–C) groups is 2. The van der Waals surface area contributed by atoms with Crippen LogP contribution in [0.3, 0.4) is 0 Å². The summed E-state index contributed by atoms with van der Waals surface area (Å²) in [5.41, 5.74) is 16.7. The van der Waals surface area contributed by atoms with Crippen LogP contribution in [-0.2, 0) is 9.59 Å². The molecule has 1 aromatic rings. The quantitative estimate of drug-likeness (QED) is 0.235. The number of nitrogens with two attached hydrogens (primary N) is 3. The Morgan fingerprint density at radius 3 is 2.42 bits per heavy atom. The Hall–Kier alpha value is -3.79. The van der Waals surface area contributed by atoms with Crippen molar-refractivity contribution in [2.45, 2.75) is 18.4 Å². The number of rotatable bonds is 5. The van der Waals surface area contributed by atoms with Crippen LogP contribution in [0, 0.1) is 0 Å². The molecule has 8 N–H and O–H groups in total. The fourth-order valence-corrected chi connectivity index (χ4v) is 3.61. The van der Waals surface area contributed by atoms with Crippen LogP contribution in [0.2, 0.25) is 0 Å². The number of guanidine groups is 1. The zero-order valence-electron chi connectivity index (χ0n) is 18.1. The molecule has 33 heavy (non-hydrogen) atoms.